The van der Waals surface area contributed by atoms with E-state index in [2.05, 4.69) is 10.4 Å². The lowest BCUT2D eigenvalue weighted by atomic mass is 10.1. The Bertz CT molecular complexity index is 568. The van der Waals surface area contributed by atoms with Crippen LogP contribution < -0.4 is 4.90 Å². The standard InChI is InChI=1S/C14H17FN2O2S/c1-3-12(18)11-4-5-13(16-14(11)15)17-7-6-10(8-17)20-9-19-2/h4-5,10H,3,6-8H2,1-2H3. The van der Waals surface area contributed by atoms with Crippen molar-refractivity contribution < 1.29 is 13.9 Å². The van der Waals surface area contributed by atoms with Crippen LogP contribution in [0.1, 0.15) is 30.1 Å². The third kappa shape index (κ3) is 3.33. The second-order valence-electron chi connectivity index (χ2n) is 4.55. The Balaban J connectivity index is 2.11. The summed E-state index contributed by atoms with van der Waals surface area (Å²) in [6, 6.07) is 3.24. The summed E-state index contributed by atoms with van der Waals surface area (Å²) in [5.41, 5.74) is 0.0717. The van der Waals surface area contributed by atoms with E-state index in [-0.39, 0.29) is 17.8 Å². The molecule has 108 valence electrons. The molecule has 1 fully saturated rings. The average molecular weight is 296 g/mol. The van der Waals surface area contributed by atoms with Crippen LogP contribution in [-0.4, -0.2) is 36.2 Å². The third-order valence-corrected chi connectivity index (χ3v) is 4.20. The summed E-state index contributed by atoms with van der Waals surface area (Å²) in [5.74, 6) is -0.322. The van der Waals surface area contributed by atoms with E-state index in [1.54, 1.807) is 20.1 Å². The molecule has 0 spiro atoms. The molecule has 0 bridgehead atoms. The van der Waals surface area contributed by atoms with E-state index < -0.39 is 5.95 Å². The molecule has 1 atom stereocenters. The molecule has 1 unspecified atom stereocenters. The number of carbonyl (C=O) groups is 1. The van der Waals surface area contributed by atoms with Crippen LogP contribution in [-0.2, 0) is 4.74 Å². The summed E-state index contributed by atoms with van der Waals surface area (Å²) >= 11 is 1.51. The number of anilines is 1. The van der Waals surface area contributed by atoms with Gasteiger partial charge in [-0.15, -0.1) is 0 Å². The third-order valence-electron chi connectivity index (χ3n) is 3.22. The summed E-state index contributed by atoms with van der Waals surface area (Å²) in [6.45, 7) is 3.30. The molecule has 2 rings (SSSR count). The number of halogens is 1. The normalized spacial score (nSPS) is 17.9. The Kier molecular flexibility index (Phi) is 5.06. The van der Waals surface area contributed by atoms with Crippen molar-refractivity contribution in [3.05, 3.63) is 23.6 Å². The van der Waals surface area contributed by atoms with Crippen LogP contribution in [0.5, 0.6) is 0 Å². The first-order valence-electron chi connectivity index (χ1n) is 6.54. The van der Waals surface area contributed by atoms with Gasteiger partial charge in [-0.25, -0.2) is 4.98 Å². The maximum atomic E-state index is 13.8. The van der Waals surface area contributed by atoms with Crippen LogP contribution in [0.2, 0.25) is 0 Å². The Labute approximate surface area is 121 Å². The molecule has 0 N–H and O–H groups in total. The molecule has 0 aliphatic carbocycles. The highest BCUT2D eigenvalue weighted by Crippen LogP contribution is 2.23. The summed E-state index contributed by atoms with van der Waals surface area (Å²) in [5, 5.41) is 3.13. The van der Waals surface area contributed by atoms with Crippen LogP contribution in [0.3, 0.4) is 0 Å². The number of hydrogen-bond donors (Lipinski definition) is 0. The van der Waals surface area contributed by atoms with E-state index in [9.17, 15) is 9.18 Å². The van der Waals surface area contributed by atoms with Gasteiger partial charge in [-0.05, 0) is 18.6 Å². The molecule has 20 heavy (non-hydrogen) atoms. The highest BCUT2D eigenvalue weighted by molar-refractivity contribution is 7.89. The molecule has 0 saturated carbocycles. The molecule has 1 aliphatic heterocycles. The van der Waals surface area contributed by atoms with E-state index in [1.807, 2.05) is 4.90 Å². The maximum absolute atomic E-state index is 13.8. The molecule has 0 aromatic carbocycles. The number of carbonyl (C=O) groups excluding carboxylic acids is 1. The number of rotatable bonds is 3. The fourth-order valence-electron chi connectivity index (χ4n) is 2.15. The van der Waals surface area contributed by atoms with Crippen molar-refractivity contribution in [3.63, 3.8) is 0 Å². The van der Waals surface area contributed by atoms with Crippen LogP contribution in [0, 0.1) is 11.3 Å². The quantitative estimate of drug-likeness (QED) is 0.635. The Morgan fingerprint density at radius 2 is 2.45 bits per heavy atom. The van der Waals surface area contributed by atoms with Gasteiger partial charge in [0.1, 0.15) is 5.82 Å². The summed E-state index contributed by atoms with van der Waals surface area (Å²) in [4.78, 5) is 17.4. The van der Waals surface area contributed by atoms with Gasteiger partial charge in [0.15, 0.2) is 5.78 Å². The predicted molar refractivity (Wildman–Crippen MR) is 77.9 cm³/mol. The van der Waals surface area contributed by atoms with Gasteiger partial charge in [0.2, 0.25) is 5.95 Å². The SMILES string of the molecule is CCC(=O)c1ccc(N2CCC(S#COC)C2)nc1F. The average Bonchev–Trinajstić information content (AvgIpc) is 2.93. The second-order valence-corrected chi connectivity index (χ2v) is 5.62. The number of nitrogens with zero attached hydrogens (tertiary/aromatic N) is 2. The fourth-order valence-corrected chi connectivity index (χ4v) is 2.86. The van der Waals surface area contributed by atoms with Gasteiger partial charge >= 0.3 is 0 Å². The molecule has 1 aromatic heterocycles. The lowest BCUT2D eigenvalue weighted by Gasteiger charge is -2.16. The molecular formula is C14H17FN2O2S. The van der Waals surface area contributed by atoms with Gasteiger partial charge < -0.3 is 9.64 Å². The van der Waals surface area contributed by atoms with E-state index in [0.717, 1.165) is 19.5 Å². The molecule has 0 amide bonds. The van der Waals surface area contributed by atoms with Crippen molar-refractivity contribution in [3.8, 4) is 5.37 Å². The molecule has 0 radical (unpaired) electrons. The van der Waals surface area contributed by atoms with Gasteiger partial charge in [0.25, 0.3) is 0 Å². The lowest BCUT2D eigenvalue weighted by Crippen LogP contribution is -2.21. The Morgan fingerprint density at radius 1 is 1.65 bits per heavy atom. The zero-order valence-corrected chi connectivity index (χ0v) is 12.4. The zero-order chi connectivity index (χ0) is 14.5. The first-order valence-corrected chi connectivity index (χ1v) is 7.42. The van der Waals surface area contributed by atoms with Crippen LogP contribution in [0.15, 0.2) is 12.1 Å². The first-order chi connectivity index (χ1) is 9.65. The van der Waals surface area contributed by atoms with E-state index >= 15 is 0 Å². The highest BCUT2D eigenvalue weighted by Gasteiger charge is 2.23. The predicted octanol–water partition coefficient (Wildman–Crippen LogP) is 2.69. The summed E-state index contributed by atoms with van der Waals surface area (Å²) < 4.78 is 18.6. The van der Waals surface area contributed by atoms with Crippen molar-refractivity contribution in [2.45, 2.75) is 25.0 Å². The maximum Gasteiger partial charge on any atom is 0.225 e. The largest absolute Gasteiger partial charge is 0.355 e. The molecule has 1 aliphatic rings. The van der Waals surface area contributed by atoms with E-state index in [4.69, 9.17) is 4.74 Å². The van der Waals surface area contributed by atoms with E-state index in [1.165, 1.54) is 17.2 Å². The van der Waals surface area contributed by atoms with Gasteiger partial charge in [-0.3, -0.25) is 4.79 Å². The van der Waals surface area contributed by atoms with Gasteiger partial charge in [0.05, 0.1) is 23.3 Å². The lowest BCUT2D eigenvalue weighted by molar-refractivity contribution is 0.0983. The number of ether oxygens (including phenoxy) is 1. The highest BCUT2D eigenvalue weighted by atomic mass is 32.1. The molecule has 1 saturated heterocycles. The number of pyridine rings is 1. The zero-order valence-electron chi connectivity index (χ0n) is 11.6. The van der Waals surface area contributed by atoms with Crippen molar-refractivity contribution in [1.82, 2.24) is 4.98 Å². The summed E-state index contributed by atoms with van der Waals surface area (Å²) in [6.07, 6.45) is 1.25. The topological polar surface area (TPSA) is 42.4 Å². The minimum absolute atomic E-state index is 0.0717. The number of methoxy groups -OCH3 is 1. The van der Waals surface area contributed by atoms with Crippen molar-refractivity contribution in [1.29, 1.82) is 0 Å². The van der Waals surface area contributed by atoms with Gasteiger partial charge in [-0.1, -0.05) is 18.1 Å². The molecule has 4 nitrogen and oxygen atoms in total. The second kappa shape index (κ2) is 6.79. The van der Waals surface area contributed by atoms with E-state index in [0.29, 0.717) is 11.1 Å². The number of aromatic nitrogens is 1. The monoisotopic (exact) mass is 296 g/mol. The van der Waals surface area contributed by atoms with Crippen LogP contribution in [0.4, 0.5) is 10.2 Å². The smallest absolute Gasteiger partial charge is 0.225 e. The van der Waals surface area contributed by atoms with Crippen molar-refractivity contribution in [2.75, 3.05) is 25.1 Å². The molecule has 1 aromatic rings. The van der Waals surface area contributed by atoms with Gasteiger partial charge in [-0.2, -0.15) is 4.39 Å². The fraction of sp³-hybridized carbons (Fsp3) is 0.500. The van der Waals surface area contributed by atoms with Gasteiger partial charge in [0, 0.05) is 19.5 Å². The number of hydrogen-bond acceptors (Lipinski definition) is 4. The van der Waals surface area contributed by atoms with Crippen LogP contribution in [0.25, 0.3) is 0 Å². The Hall–Kier alpha value is -1.49. The minimum Gasteiger partial charge on any atom is -0.355 e. The Morgan fingerprint density at radius 3 is 3.10 bits per heavy atom. The van der Waals surface area contributed by atoms with Crippen molar-refractivity contribution >= 4 is 22.8 Å². The molecule has 6 heteroatoms. The first kappa shape index (κ1) is 14.9. The molecule has 2 heterocycles. The van der Waals surface area contributed by atoms with Crippen molar-refractivity contribution in [2.24, 2.45) is 0 Å². The summed E-state index contributed by atoms with van der Waals surface area (Å²) in [7, 11) is 1.57. The minimum atomic E-state index is -0.680. The van der Waals surface area contributed by atoms with Crippen LogP contribution >= 0.6 is 11.2 Å². The number of Topliss-reactive ketones (excluding diaryl/α,β-unsaturated/α-hetero) is 1. The molecular weight excluding hydrogens is 279 g/mol. The number of ketones is 1.